The van der Waals surface area contributed by atoms with Gasteiger partial charge in [0.1, 0.15) is 19.8 Å². The third kappa shape index (κ3) is 6.80. The lowest BCUT2D eigenvalue weighted by atomic mass is 10.1. The van der Waals surface area contributed by atoms with E-state index in [1.54, 1.807) is 0 Å². The second-order valence-corrected chi connectivity index (χ2v) is 5.30. The van der Waals surface area contributed by atoms with Gasteiger partial charge >= 0.3 is 18.0 Å². The lowest BCUT2D eigenvalue weighted by Gasteiger charge is -2.24. The van der Waals surface area contributed by atoms with Gasteiger partial charge in [0, 0.05) is 12.2 Å². The number of esters is 2. The van der Waals surface area contributed by atoms with Crippen molar-refractivity contribution < 1.29 is 28.6 Å². The fourth-order valence-electron chi connectivity index (χ4n) is 2.02. The van der Waals surface area contributed by atoms with Crippen molar-refractivity contribution in [3.8, 4) is 0 Å². The Labute approximate surface area is 152 Å². The van der Waals surface area contributed by atoms with Gasteiger partial charge in [-0.25, -0.2) is 14.4 Å². The van der Waals surface area contributed by atoms with E-state index in [9.17, 15) is 14.4 Å². The monoisotopic (exact) mass is 361 g/mol. The summed E-state index contributed by atoms with van der Waals surface area (Å²) in [6, 6.07) is 5.64. The van der Waals surface area contributed by atoms with Crippen molar-refractivity contribution in [2.24, 2.45) is 0 Å². The van der Waals surface area contributed by atoms with Gasteiger partial charge in [-0.1, -0.05) is 25.3 Å². The molecule has 0 N–H and O–H groups in total. The van der Waals surface area contributed by atoms with Gasteiger partial charge in [0.05, 0.1) is 12.2 Å². The predicted octanol–water partition coefficient (Wildman–Crippen LogP) is 2.70. The van der Waals surface area contributed by atoms with Gasteiger partial charge in [-0.15, -0.1) is 0 Å². The molecular formula is C19H23NO6. The molecule has 0 spiro atoms. The van der Waals surface area contributed by atoms with Crippen molar-refractivity contribution in [2.45, 2.75) is 13.8 Å². The van der Waals surface area contributed by atoms with Crippen molar-refractivity contribution in [3.05, 3.63) is 54.6 Å². The maximum absolute atomic E-state index is 12.4. The van der Waals surface area contributed by atoms with Crippen LogP contribution in [0.25, 0.3) is 0 Å². The molecule has 0 aliphatic carbocycles. The fourth-order valence-corrected chi connectivity index (χ4v) is 2.02. The van der Waals surface area contributed by atoms with E-state index in [2.05, 4.69) is 13.2 Å². The smallest absolute Gasteiger partial charge is 0.414 e. The predicted molar refractivity (Wildman–Crippen MR) is 96.9 cm³/mol. The summed E-state index contributed by atoms with van der Waals surface area (Å²) in [7, 11) is 0. The average Bonchev–Trinajstić information content (AvgIpc) is 2.63. The van der Waals surface area contributed by atoms with Crippen LogP contribution in [-0.4, -0.2) is 44.4 Å². The molecule has 0 fully saturated rings. The van der Waals surface area contributed by atoms with Crippen LogP contribution in [-0.2, 0) is 23.8 Å². The van der Waals surface area contributed by atoms with Gasteiger partial charge < -0.3 is 14.2 Å². The standard InChI is InChI=1S/C19H23NO6/c1-5-17(21)24-10-9-20(16-13-14(3)7-8-15(16)4)19(23)26-12-11-25-18(22)6-2/h5-8,13H,1-2,9-12H2,3-4H3. The first-order chi connectivity index (χ1) is 12.4. The zero-order valence-corrected chi connectivity index (χ0v) is 15.0. The van der Waals surface area contributed by atoms with Crippen LogP contribution >= 0.6 is 0 Å². The number of rotatable bonds is 9. The quantitative estimate of drug-likeness (QED) is 0.291. The van der Waals surface area contributed by atoms with E-state index >= 15 is 0 Å². The zero-order valence-electron chi connectivity index (χ0n) is 15.0. The number of amides is 1. The van der Waals surface area contributed by atoms with Crippen molar-refractivity contribution in [1.29, 1.82) is 0 Å². The fraction of sp³-hybridized carbons (Fsp3) is 0.316. The molecule has 0 atom stereocenters. The van der Waals surface area contributed by atoms with Crippen molar-refractivity contribution >= 4 is 23.7 Å². The molecule has 1 rings (SSSR count). The third-order valence-electron chi connectivity index (χ3n) is 3.32. The minimum absolute atomic E-state index is 0.0151. The highest BCUT2D eigenvalue weighted by atomic mass is 16.6. The number of aryl methyl sites for hydroxylation is 2. The highest BCUT2D eigenvalue weighted by Crippen LogP contribution is 2.22. The Morgan fingerprint density at radius 1 is 0.962 bits per heavy atom. The highest BCUT2D eigenvalue weighted by Gasteiger charge is 2.20. The number of anilines is 1. The van der Waals surface area contributed by atoms with E-state index in [4.69, 9.17) is 14.2 Å². The number of benzene rings is 1. The summed E-state index contributed by atoms with van der Waals surface area (Å²) in [6.45, 7) is 10.3. The van der Waals surface area contributed by atoms with E-state index in [-0.39, 0.29) is 26.4 Å². The van der Waals surface area contributed by atoms with Crippen LogP contribution < -0.4 is 4.90 Å². The number of carbonyl (C=O) groups is 3. The Kier molecular flexibility index (Phi) is 8.63. The van der Waals surface area contributed by atoms with Crippen molar-refractivity contribution in [1.82, 2.24) is 0 Å². The van der Waals surface area contributed by atoms with Crippen LogP contribution in [0.15, 0.2) is 43.5 Å². The molecule has 1 aromatic carbocycles. The van der Waals surface area contributed by atoms with Gasteiger partial charge in [0.2, 0.25) is 0 Å². The van der Waals surface area contributed by atoms with Crippen LogP contribution in [0.1, 0.15) is 11.1 Å². The summed E-state index contributed by atoms with van der Waals surface area (Å²) in [4.78, 5) is 36.0. The number of hydrogen-bond donors (Lipinski definition) is 0. The summed E-state index contributed by atoms with van der Waals surface area (Å²) in [6.07, 6.45) is 1.44. The molecule has 0 radical (unpaired) electrons. The van der Waals surface area contributed by atoms with Gasteiger partial charge in [0.25, 0.3) is 0 Å². The molecule has 1 amide bonds. The number of carbonyl (C=O) groups excluding carboxylic acids is 3. The van der Waals surface area contributed by atoms with Crippen LogP contribution in [0.2, 0.25) is 0 Å². The topological polar surface area (TPSA) is 82.1 Å². The Hall–Kier alpha value is -3.09. The number of ether oxygens (including phenoxy) is 3. The molecule has 0 saturated carbocycles. The Bertz CT molecular complexity index is 683. The van der Waals surface area contributed by atoms with Crippen LogP contribution in [0.4, 0.5) is 10.5 Å². The first-order valence-corrected chi connectivity index (χ1v) is 7.99. The van der Waals surface area contributed by atoms with Gasteiger partial charge in [-0.3, -0.25) is 4.90 Å². The molecule has 0 heterocycles. The van der Waals surface area contributed by atoms with Gasteiger partial charge in [-0.2, -0.15) is 0 Å². The van der Waals surface area contributed by atoms with Crippen LogP contribution in [0.3, 0.4) is 0 Å². The number of hydrogen-bond acceptors (Lipinski definition) is 6. The molecule has 0 aromatic heterocycles. The van der Waals surface area contributed by atoms with E-state index in [0.717, 1.165) is 23.3 Å². The second kappa shape index (κ2) is 10.7. The summed E-state index contributed by atoms with van der Waals surface area (Å²) in [5, 5.41) is 0. The molecular weight excluding hydrogens is 338 g/mol. The molecule has 0 saturated heterocycles. The summed E-state index contributed by atoms with van der Waals surface area (Å²) < 4.78 is 14.9. The normalized spacial score (nSPS) is 9.77. The first-order valence-electron chi connectivity index (χ1n) is 7.99. The second-order valence-electron chi connectivity index (χ2n) is 5.30. The van der Waals surface area contributed by atoms with Crippen LogP contribution in [0, 0.1) is 13.8 Å². The third-order valence-corrected chi connectivity index (χ3v) is 3.32. The first kappa shape index (κ1) is 21.0. The molecule has 0 bridgehead atoms. The maximum atomic E-state index is 12.4. The molecule has 26 heavy (non-hydrogen) atoms. The van der Waals surface area contributed by atoms with Crippen molar-refractivity contribution in [3.63, 3.8) is 0 Å². The molecule has 0 aliphatic rings. The summed E-state index contributed by atoms with van der Waals surface area (Å²) >= 11 is 0. The molecule has 1 aromatic rings. The van der Waals surface area contributed by atoms with Crippen molar-refractivity contribution in [2.75, 3.05) is 31.3 Å². The van der Waals surface area contributed by atoms with Gasteiger partial charge in [-0.05, 0) is 31.0 Å². The highest BCUT2D eigenvalue weighted by molar-refractivity contribution is 5.89. The molecule has 140 valence electrons. The molecule has 7 heteroatoms. The summed E-state index contributed by atoms with van der Waals surface area (Å²) in [5.74, 6) is -1.17. The molecule has 0 unspecified atom stereocenters. The van der Waals surface area contributed by atoms with Crippen LogP contribution in [0.5, 0.6) is 0 Å². The average molecular weight is 361 g/mol. The summed E-state index contributed by atoms with van der Waals surface area (Å²) in [5.41, 5.74) is 2.47. The molecule has 7 nitrogen and oxygen atoms in total. The largest absolute Gasteiger partial charge is 0.461 e. The Balaban J connectivity index is 2.79. The van der Waals surface area contributed by atoms with E-state index in [1.807, 2.05) is 32.0 Å². The maximum Gasteiger partial charge on any atom is 0.414 e. The molecule has 0 aliphatic heterocycles. The Morgan fingerprint density at radius 3 is 2.15 bits per heavy atom. The lowest BCUT2D eigenvalue weighted by Crippen LogP contribution is -2.36. The SMILES string of the molecule is C=CC(=O)OCCOC(=O)N(CCOC(=O)C=C)c1cc(C)ccc1C. The minimum atomic E-state index is -0.636. The van der Waals surface area contributed by atoms with E-state index in [1.165, 1.54) is 4.90 Å². The zero-order chi connectivity index (χ0) is 19.5. The Morgan fingerprint density at radius 2 is 1.54 bits per heavy atom. The van der Waals surface area contributed by atoms with E-state index < -0.39 is 18.0 Å². The number of nitrogens with zero attached hydrogens (tertiary/aromatic N) is 1. The van der Waals surface area contributed by atoms with E-state index in [0.29, 0.717) is 5.69 Å². The minimum Gasteiger partial charge on any atom is -0.461 e. The van der Waals surface area contributed by atoms with Gasteiger partial charge in [0.15, 0.2) is 0 Å². The lowest BCUT2D eigenvalue weighted by molar-refractivity contribution is -0.139.